The number of aromatic hydroxyl groups is 1. The van der Waals surface area contributed by atoms with Gasteiger partial charge < -0.3 is 9.84 Å². The second-order valence-electron chi connectivity index (χ2n) is 5.70. The third-order valence-corrected chi connectivity index (χ3v) is 3.98. The standard InChI is InChI=1S/C20H18N2O4/c1-3-7-14-10-13(12-17(26-2)18(14)23)11-16-19(24)21-22(20(16)25)15-8-5-4-6-9-15/h3-6,8-12,23H,1,7H2,2H3,(H,21,24)/b16-11+. The van der Waals surface area contributed by atoms with Crippen LogP contribution < -0.4 is 15.2 Å². The van der Waals surface area contributed by atoms with Crippen LogP contribution in [-0.2, 0) is 16.0 Å². The predicted molar refractivity (Wildman–Crippen MR) is 98.6 cm³/mol. The number of hydrazine groups is 1. The van der Waals surface area contributed by atoms with Crippen LogP contribution in [0.4, 0.5) is 5.69 Å². The van der Waals surface area contributed by atoms with E-state index in [-0.39, 0.29) is 17.1 Å². The molecule has 2 aromatic carbocycles. The molecule has 2 amide bonds. The fourth-order valence-corrected chi connectivity index (χ4v) is 2.72. The van der Waals surface area contributed by atoms with Crippen LogP contribution in [-0.4, -0.2) is 24.0 Å². The normalized spacial score (nSPS) is 15.3. The Labute approximate surface area is 151 Å². The molecule has 0 aliphatic carbocycles. The van der Waals surface area contributed by atoms with Gasteiger partial charge in [-0.05, 0) is 42.3 Å². The molecule has 26 heavy (non-hydrogen) atoms. The number of nitrogens with one attached hydrogen (secondary N) is 1. The van der Waals surface area contributed by atoms with Gasteiger partial charge in [-0.25, -0.2) is 5.01 Å². The first-order valence-electron chi connectivity index (χ1n) is 7.98. The Bertz CT molecular complexity index is 904. The van der Waals surface area contributed by atoms with Gasteiger partial charge in [0.25, 0.3) is 11.8 Å². The summed E-state index contributed by atoms with van der Waals surface area (Å²) >= 11 is 0. The van der Waals surface area contributed by atoms with E-state index in [1.807, 2.05) is 6.07 Å². The van der Waals surface area contributed by atoms with E-state index >= 15 is 0 Å². The number of carbonyl (C=O) groups is 2. The number of anilines is 1. The summed E-state index contributed by atoms with van der Waals surface area (Å²) in [5, 5.41) is 11.4. The van der Waals surface area contributed by atoms with Gasteiger partial charge in [0.2, 0.25) is 0 Å². The maximum atomic E-state index is 12.6. The van der Waals surface area contributed by atoms with E-state index in [9.17, 15) is 14.7 Å². The molecular formula is C20H18N2O4. The van der Waals surface area contributed by atoms with Crippen LogP contribution in [0.25, 0.3) is 6.08 Å². The third-order valence-electron chi connectivity index (χ3n) is 3.98. The van der Waals surface area contributed by atoms with Crippen molar-refractivity contribution in [2.75, 3.05) is 12.1 Å². The van der Waals surface area contributed by atoms with Crippen LogP contribution in [0.3, 0.4) is 0 Å². The summed E-state index contributed by atoms with van der Waals surface area (Å²) in [4.78, 5) is 24.9. The van der Waals surface area contributed by atoms with E-state index < -0.39 is 11.8 Å². The number of phenols is 1. The van der Waals surface area contributed by atoms with Crippen LogP contribution in [0.5, 0.6) is 11.5 Å². The molecule has 6 nitrogen and oxygen atoms in total. The number of methoxy groups -OCH3 is 1. The highest BCUT2D eigenvalue weighted by atomic mass is 16.5. The molecule has 0 saturated carbocycles. The zero-order valence-corrected chi connectivity index (χ0v) is 14.2. The van der Waals surface area contributed by atoms with E-state index in [1.165, 1.54) is 18.2 Å². The second kappa shape index (κ2) is 7.14. The number of benzene rings is 2. The Morgan fingerprint density at radius 2 is 1.96 bits per heavy atom. The molecule has 3 rings (SSSR count). The predicted octanol–water partition coefficient (Wildman–Crippen LogP) is 2.59. The van der Waals surface area contributed by atoms with Gasteiger partial charge in [-0.1, -0.05) is 24.3 Å². The van der Waals surface area contributed by atoms with Gasteiger partial charge in [0.15, 0.2) is 11.5 Å². The summed E-state index contributed by atoms with van der Waals surface area (Å²) < 4.78 is 5.17. The molecular weight excluding hydrogens is 332 g/mol. The molecule has 1 fully saturated rings. The van der Waals surface area contributed by atoms with Crippen molar-refractivity contribution in [2.45, 2.75) is 6.42 Å². The van der Waals surface area contributed by atoms with Crippen LogP contribution in [0.1, 0.15) is 11.1 Å². The quantitative estimate of drug-likeness (QED) is 0.494. The SMILES string of the molecule is C=CCc1cc(/C=C2\C(=O)NN(c3ccccc3)C2=O)cc(OC)c1O. The van der Waals surface area contributed by atoms with Gasteiger partial charge in [0.1, 0.15) is 5.57 Å². The maximum Gasteiger partial charge on any atom is 0.282 e. The molecule has 0 spiro atoms. The van der Waals surface area contributed by atoms with E-state index in [4.69, 9.17) is 4.74 Å². The highest BCUT2D eigenvalue weighted by molar-refractivity contribution is 6.31. The summed E-state index contributed by atoms with van der Waals surface area (Å²) in [5.41, 5.74) is 4.30. The van der Waals surface area contributed by atoms with Crippen LogP contribution in [0, 0.1) is 0 Å². The first-order valence-corrected chi connectivity index (χ1v) is 7.98. The third kappa shape index (κ3) is 3.17. The fourth-order valence-electron chi connectivity index (χ4n) is 2.72. The van der Waals surface area contributed by atoms with Gasteiger partial charge in [0.05, 0.1) is 12.8 Å². The smallest absolute Gasteiger partial charge is 0.282 e. The molecule has 0 bridgehead atoms. The molecule has 2 aromatic rings. The lowest BCUT2D eigenvalue weighted by molar-refractivity contribution is -0.117. The summed E-state index contributed by atoms with van der Waals surface area (Å²) in [7, 11) is 1.44. The van der Waals surface area contributed by atoms with Crippen molar-refractivity contribution in [1.82, 2.24) is 5.43 Å². The number of amides is 2. The van der Waals surface area contributed by atoms with Crippen molar-refractivity contribution < 1.29 is 19.4 Å². The number of carbonyl (C=O) groups excluding carboxylic acids is 2. The molecule has 2 N–H and O–H groups in total. The number of rotatable bonds is 5. The van der Waals surface area contributed by atoms with Gasteiger partial charge >= 0.3 is 0 Å². The first-order chi connectivity index (χ1) is 12.5. The molecule has 1 heterocycles. The fraction of sp³-hybridized carbons (Fsp3) is 0.100. The topological polar surface area (TPSA) is 78.9 Å². The lowest BCUT2D eigenvalue weighted by Crippen LogP contribution is -2.35. The minimum absolute atomic E-state index is 0.00569. The molecule has 1 saturated heterocycles. The minimum Gasteiger partial charge on any atom is -0.504 e. The van der Waals surface area contributed by atoms with Crippen molar-refractivity contribution in [2.24, 2.45) is 0 Å². The molecule has 0 unspecified atom stereocenters. The second-order valence-corrected chi connectivity index (χ2v) is 5.70. The largest absolute Gasteiger partial charge is 0.504 e. The van der Waals surface area contributed by atoms with E-state index in [1.54, 1.807) is 42.5 Å². The number of phenolic OH excluding ortho intramolecular Hbond substituents is 1. The van der Waals surface area contributed by atoms with E-state index in [0.29, 0.717) is 23.2 Å². The minimum atomic E-state index is -0.490. The van der Waals surface area contributed by atoms with Crippen molar-refractivity contribution in [3.63, 3.8) is 0 Å². The summed E-state index contributed by atoms with van der Waals surface area (Å²) in [6, 6.07) is 12.1. The number of para-hydroxylation sites is 1. The van der Waals surface area contributed by atoms with Gasteiger partial charge in [0, 0.05) is 5.56 Å². The monoisotopic (exact) mass is 350 g/mol. The molecule has 1 aliphatic rings. The Hall–Kier alpha value is -3.54. The van der Waals surface area contributed by atoms with Crippen molar-refractivity contribution in [3.05, 3.63) is 71.8 Å². The average molecular weight is 350 g/mol. The number of hydrogen-bond donors (Lipinski definition) is 2. The molecule has 6 heteroatoms. The summed E-state index contributed by atoms with van der Waals surface area (Å²) in [5.74, 6) is -0.653. The van der Waals surface area contributed by atoms with Crippen LogP contribution >= 0.6 is 0 Å². The molecule has 1 aliphatic heterocycles. The number of ether oxygens (including phenoxy) is 1. The Morgan fingerprint density at radius 1 is 1.23 bits per heavy atom. The van der Waals surface area contributed by atoms with E-state index in [2.05, 4.69) is 12.0 Å². The molecule has 0 aromatic heterocycles. The van der Waals surface area contributed by atoms with Crippen molar-refractivity contribution >= 4 is 23.6 Å². The molecule has 0 radical (unpaired) electrons. The highest BCUT2D eigenvalue weighted by Crippen LogP contribution is 2.33. The molecule has 0 atom stereocenters. The van der Waals surface area contributed by atoms with Crippen molar-refractivity contribution in [1.29, 1.82) is 0 Å². The molecule has 132 valence electrons. The van der Waals surface area contributed by atoms with Crippen LogP contribution in [0.15, 0.2) is 60.7 Å². The van der Waals surface area contributed by atoms with Gasteiger partial charge in [-0.3, -0.25) is 15.0 Å². The number of nitrogens with zero attached hydrogens (tertiary/aromatic N) is 1. The van der Waals surface area contributed by atoms with Crippen molar-refractivity contribution in [3.8, 4) is 11.5 Å². The van der Waals surface area contributed by atoms with E-state index in [0.717, 1.165) is 0 Å². The maximum absolute atomic E-state index is 12.6. The summed E-state index contributed by atoms with van der Waals surface area (Å²) in [6.45, 7) is 3.66. The zero-order valence-electron chi connectivity index (χ0n) is 14.2. The first kappa shape index (κ1) is 17.3. The lowest BCUT2D eigenvalue weighted by atomic mass is 10.0. The number of hydrogen-bond acceptors (Lipinski definition) is 4. The zero-order chi connectivity index (χ0) is 18.7. The summed E-state index contributed by atoms with van der Waals surface area (Å²) in [6.07, 6.45) is 3.56. The Morgan fingerprint density at radius 3 is 2.62 bits per heavy atom. The highest BCUT2D eigenvalue weighted by Gasteiger charge is 2.34. The van der Waals surface area contributed by atoms with Gasteiger partial charge in [-0.15, -0.1) is 6.58 Å². The van der Waals surface area contributed by atoms with Gasteiger partial charge in [-0.2, -0.15) is 0 Å². The average Bonchev–Trinajstić information content (AvgIpc) is 2.93. The Kier molecular flexibility index (Phi) is 4.75. The number of allylic oxidation sites excluding steroid dienone is 1. The van der Waals surface area contributed by atoms with Crippen LogP contribution in [0.2, 0.25) is 0 Å². The lowest BCUT2D eigenvalue weighted by Gasteiger charge is -2.14. The Balaban J connectivity index is 1.99.